The highest BCUT2D eigenvalue weighted by atomic mass is 32.2. The summed E-state index contributed by atoms with van der Waals surface area (Å²) in [5, 5.41) is 4.02. The third-order valence-electron chi connectivity index (χ3n) is 1.45. The third-order valence-corrected chi connectivity index (χ3v) is 2.76. The highest BCUT2D eigenvalue weighted by Crippen LogP contribution is 2.21. The molecule has 1 aromatic carbocycles. The molecule has 1 atom stereocenters. The molecule has 1 unspecified atom stereocenters. The number of fused-ring (bicyclic) bond motifs is 1. The van der Waals surface area contributed by atoms with Crippen LogP contribution in [0.4, 0.5) is 0 Å². The van der Waals surface area contributed by atoms with Crippen LogP contribution in [0.5, 0.6) is 0 Å². The lowest BCUT2D eigenvalue weighted by atomic mass is 10.3. The van der Waals surface area contributed by atoms with E-state index < -0.39 is 0 Å². The molecule has 50 valence electrons. The van der Waals surface area contributed by atoms with Gasteiger partial charge in [-0.2, -0.15) is 0 Å². The fourth-order valence-corrected chi connectivity index (χ4v) is 1.92. The van der Waals surface area contributed by atoms with Gasteiger partial charge in [0.1, 0.15) is 16.9 Å². The van der Waals surface area contributed by atoms with E-state index in [1.807, 2.05) is 18.2 Å². The van der Waals surface area contributed by atoms with Gasteiger partial charge < -0.3 is 0 Å². The lowest BCUT2D eigenvalue weighted by Gasteiger charge is -1.76. The Morgan fingerprint density at radius 3 is 2.90 bits per heavy atom. The monoisotopic (exact) mass is 151 g/mol. The minimum Gasteiger partial charge on any atom is -0.0958 e. The van der Waals surface area contributed by atoms with Crippen molar-refractivity contribution < 1.29 is 0 Å². The Bertz CT molecular complexity index is 353. The summed E-state index contributed by atoms with van der Waals surface area (Å²) in [6.45, 7) is 0. The van der Waals surface area contributed by atoms with Crippen molar-refractivity contribution in [3.05, 3.63) is 24.3 Å². The predicted octanol–water partition coefficient (Wildman–Crippen LogP) is 1.92. The summed E-state index contributed by atoms with van der Waals surface area (Å²) in [5.74, 6) is 0. The predicted molar refractivity (Wildman–Crippen MR) is 43.0 cm³/mol. The molecule has 0 bridgehead atoms. The van der Waals surface area contributed by atoms with Crippen molar-refractivity contribution in [1.82, 2.24) is 9.59 Å². The van der Waals surface area contributed by atoms with Gasteiger partial charge >= 0.3 is 0 Å². The van der Waals surface area contributed by atoms with Crippen LogP contribution in [-0.4, -0.2) is 9.59 Å². The average molecular weight is 151 g/mol. The van der Waals surface area contributed by atoms with Crippen LogP contribution in [0, 0.1) is 0 Å². The van der Waals surface area contributed by atoms with E-state index in [0.717, 1.165) is 5.52 Å². The lowest BCUT2D eigenvalue weighted by Crippen LogP contribution is -1.63. The summed E-state index contributed by atoms with van der Waals surface area (Å²) in [5.41, 5.74) is 1.04. The van der Waals surface area contributed by atoms with Crippen LogP contribution < -0.4 is 0 Å². The minimum absolute atomic E-state index is 0.0106. The van der Waals surface area contributed by atoms with Crippen molar-refractivity contribution in [3.63, 3.8) is 0 Å². The molecule has 0 N–H and O–H groups in total. The summed E-state index contributed by atoms with van der Waals surface area (Å²) >= 11 is 0. The van der Waals surface area contributed by atoms with Gasteiger partial charge in [0.2, 0.25) is 4.70 Å². The molecule has 0 amide bonds. The molecule has 1 heterocycles. The first-order valence-electron chi connectivity index (χ1n) is 3.05. The topological polar surface area (TPSA) is 25.8 Å². The maximum absolute atomic E-state index is 4.06. The first-order valence-corrected chi connectivity index (χ1v) is 4.64. The van der Waals surface area contributed by atoms with E-state index in [1.54, 1.807) is 0 Å². The molecule has 0 saturated carbocycles. The molecule has 10 heavy (non-hydrogen) atoms. The zero-order chi connectivity index (χ0) is 6.97. The number of hydrogen-bond donors (Lipinski definition) is 0. The van der Waals surface area contributed by atoms with E-state index in [1.165, 1.54) is 4.70 Å². The molecule has 0 aliphatic carbocycles. The van der Waals surface area contributed by atoms with Crippen molar-refractivity contribution in [2.75, 3.05) is 0 Å². The number of nitrogens with zero attached hydrogens (tertiary/aromatic N) is 2. The second kappa shape index (κ2) is 2.02. The molecule has 0 aliphatic rings. The fraction of sp³-hybridized carbons (Fsp3) is 0.143. The van der Waals surface area contributed by atoms with Crippen molar-refractivity contribution in [2.24, 2.45) is 6.26 Å². The third kappa shape index (κ3) is 0.708. The summed E-state index contributed by atoms with van der Waals surface area (Å²) in [6.07, 6.45) is 2.08. The second-order valence-electron chi connectivity index (χ2n) is 2.13. The van der Waals surface area contributed by atoms with Crippen LogP contribution in [0.25, 0.3) is 10.2 Å². The summed E-state index contributed by atoms with van der Waals surface area (Å²) in [6, 6.07) is 8.09. The van der Waals surface area contributed by atoms with Gasteiger partial charge in [-0.25, -0.2) is 0 Å². The Kier molecular flexibility index (Phi) is 1.17. The van der Waals surface area contributed by atoms with Gasteiger partial charge in [0.05, 0.1) is 4.49 Å². The van der Waals surface area contributed by atoms with Gasteiger partial charge in [0.15, 0.2) is 5.52 Å². The standard InChI is InChI=1S/C7H7N2S/c1-10-7-5-3-2-4-6(7)8-9-10/h2-5H,1H3/q+1. The van der Waals surface area contributed by atoms with E-state index in [2.05, 4.69) is 21.9 Å². The van der Waals surface area contributed by atoms with Gasteiger partial charge in [-0.3, -0.25) is 0 Å². The van der Waals surface area contributed by atoms with Crippen LogP contribution in [0.1, 0.15) is 0 Å². The first kappa shape index (κ1) is 5.80. The molecule has 1 aromatic heterocycles. The molecule has 2 aromatic rings. The maximum Gasteiger partial charge on any atom is 0.226 e. The highest BCUT2D eigenvalue weighted by molar-refractivity contribution is 7.30. The van der Waals surface area contributed by atoms with E-state index in [4.69, 9.17) is 0 Å². The largest absolute Gasteiger partial charge is 0.226 e. The number of aromatic nitrogens is 2. The van der Waals surface area contributed by atoms with Crippen LogP contribution >= 0.6 is 10.7 Å². The maximum atomic E-state index is 4.06. The van der Waals surface area contributed by atoms with Crippen molar-refractivity contribution in [3.8, 4) is 0 Å². The van der Waals surface area contributed by atoms with Gasteiger partial charge in [-0.15, -0.1) is 0 Å². The van der Waals surface area contributed by atoms with Crippen LogP contribution in [0.3, 0.4) is 0 Å². The molecule has 0 saturated heterocycles. The zero-order valence-corrected chi connectivity index (χ0v) is 6.43. The van der Waals surface area contributed by atoms with Gasteiger partial charge in [0.25, 0.3) is 0 Å². The number of hydrogen-bond acceptors (Lipinski definition) is 2. The van der Waals surface area contributed by atoms with Crippen LogP contribution in [0.2, 0.25) is 0 Å². The zero-order valence-electron chi connectivity index (χ0n) is 5.61. The highest BCUT2D eigenvalue weighted by Gasteiger charge is 2.08. The van der Waals surface area contributed by atoms with Gasteiger partial charge in [-0.05, 0) is 6.07 Å². The number of rotatable bonds is 0. The summed E-state index contributed by atoms with van der Waals surface area (Å²) < 4.78 is 5.32. The lowest BCUT2D eigenvalue weighted by molar-refractivity contribution is 1.19. The van der Waals surface area contributed by atoms with Crippen LogP contribution in [0.15, 0.2) is 24.3 Å². The Labute approximate surface area is 61.6 Å². The normalized spacial score (nSPS) is 12.3. The van der Waals surface area contributed by atoms with E-state index in [9.17, 15) is 0 Å². The fourth-order valence-electron chi connectivity index (χ4n) is 0.939. The summed E-state index contributed by atoms with van der Waals surface area (Å²) in [7, 11) is 0.0106. The SMILES string of the molecule is C[s+]1nnc2ccccc21. The summed E-state index contributed by atoms with van der Waals surface area (Å²) in [4.78, 5) is 0. The van der Waals surface area contributed by atoms with Crippen molar-refractivity contribution >= 4 is 20.9 Å². The molecular weight excluding hydrogens is 144 g/mol. The number of benzene rings is 1. The van der Waals surface area contributed by atoms with E-state index >= 15 is 0 Å². The van der Waals surface area contributed by atoms with Crippen molar-refractivity contribution in [1.29, 1.82) is 0 Å². The van der Waals surface area contributed by atoms with Gasteiger partial charge in [0, 0.05) is 6.07 Å². The molecule has 2 rings (SSSR count). The molecule has 0 radical (unpaired) electrons. The van der Waals surface area contributed by atoms with Crippen LogP contribution in [-0.2, 0) is 6.26 Å². The Morgan fingerprint density at radius 1 is 1.30 bits per heavy atom. The van der Waals surface area contributed by atoms with Gasteiger partial charge in [-0.1, -0.05) is 17.2 Å². The smallest absolute Gasteiger partial charge is 0.0958 e. The molecule has 0 aliphatic heterocycles. The Hall–Kier alpha value is -0.960. The van der Waals surface area contributed by atoms with Crippen molar-refractivity contribution in [2.45, 2.75) is 0 Å². The Balaban J connectivity index is 2.93. The molecular formula is C7H7N2S+. The number of aryl methyl sites for hydroxylation is 1. The van der Waals surface area contributed by atoms with E-state index in [-0.39, 0.29) is 10.7 Å². The molecule has 0 spiro atoms. The molecule has 2 nitrogen and oxygen atoms in total. The quantitative estimate of drug-likeness (QED) is 0.537. The first-order chi connectivity index (χ1) is 4.88. The second-order valence-corrected chi connectivity index (χ2v) is 3.69. The molecule has 3 heteroatoms. The minimum atomic E-state index is 0.0106. The van der Waals surface area contributed by atoms with E-state index in [0.29, 0.717) is 0 Å². The Morgan fingerprint density at radius 2 is 2.10 bits per heavy atom. The molecule has 0 fully saturated rings. The average Bonchev–Trinajstić information content (AvgIpc) is 2.34.